The van der Waals surface area contributed by atoms with E-state index in [4.69, 9.17) is 0 Å². The van der Waals surface area contributed by atoms with Crippen LogP contribution >= 0.6 is 0 Å². The summed E-state index contributed by atoms with van der Waals surface area (Å²) < 4.78 is 13.1. The van der Waals surface area contributed by atoms with Gasteiger partial charge in [0.05, 0.1) is 5.92 Å². The van der Waals surface area contributed by atoms with Crippen LogP contribution in [0.1, 0.15) is 31.2 Å². The van der Waals surface area contributed by atoms with E-state index in [2.05, 4.69) is 11.4 Å². The van der Waals surface area contributed by atoms with Gasteiger partial charge in [-0.05, 0) is 55.2 Å². The van der Waals surface area contributed by atoms with Crippen molar-refractivity contribution >= 4 is 23.2 Å². The van der Waals surface area contributed by atoms with Crippen LogP contribution in [0.25, 0.3) is 0 Å². The second-order valence-electron chi connectivity index (χ2n) is 7.36. The summed E-state index contributed by atoms with van der Waals surface area (Å²) in [6, 6.07) is 13.7. The van der Waals surface area contributed by atoms with Crippen molar-refractivity contribution < 1.29 is 14.0 Å². The molecule has 5 heteroatoms. The molecule has 1 aliphatic heterocycles. The lowest BCUT2D eigenvalue weighted by Crippen LogP contribution is -2.43. The predicted octanol–water partition coefficient (Wildman–Crippen LogP) is 4.16. The van der Waals surface area contributed by atoms with Crippen LogP contribution in [0.3, 0.4) is 0 Å². The van der Waals surface area contributed by atoms with Crippen molar-refractivity contribution in [1.29, 1.82) is 0 Å². The second-order valence-corrected chi connectivity index (χ2v) is 7.36. The first kappa shape index (κ1) is 17.7. The van der Waals surface area contributed by atoms with Crippen LogP contribution in [0.15, 0.2) is 48.5 Å². The lowest BCUT2D eigenvalue weighted by molar-refractivity contribution is -0.132. The predicted molar refractivity (Wildman–Crippen MR) is 103 cm³/mol. The van der Waals surface area contributed by atoms with Gasteiger partial charge >= 0.3 is 0 Å². The summed E-state index contributed by atoms with van der Waals surface area (Å²) in [6.45, 7) is 0.682. The fourth-order valence-electron chi connectivity index (χ4n) is 4.28. The Morgan fingerprint density at radius 3 is 2.44 bits per heavy atom. The normalized spacial score (nSPS) is 21.6. The molecule has 1 aliphatic carbocycles. The maximum absolute atomic E-state index is 13.3. The number of carbonyl (C=O) groups excluding carboxylic acids is 2. The molecule has 1 saturated carbocycles. The average molecular weight is 366 g/mol. The van der Waals surface area contributed by atoms with Gasteiger partial charge in [0.25, 0.3) is 0 Å². The van der Waals surface area contributed by atoms with E-state index in [-0.39, 0.29) is 29.5 Å². The summed E-state index contributed by atoms with van der Waals surface area (Å²) in [5, 5.41) is 2.86. The van der Waals surface area contributed by atoms with E-state index < -0.39 is 0 Å². The number of nitrogens with one attached hydrogen (secondary N) is 1. The Morgan fingerprint density at radius 1 is 0.963 bits per heavy atom. The van der Waals surface area contributed by atoms with Gasteiger partial charge in [-0.25, -0.2) is 4.39 Å². The Kier molecular flexibility index (Phi) is 4.92. The molecule has 0 spiro atoms. The third-order valence-electron chi connectivity index (χ3n) is 5.68. The number of anilines is 2. The average Bonchev–Trinajstić information content (AvgIpc) is 3.13. The van der Waals surface area contributed by atoms with E-state index in [1.165, 1.54) is 17.7 Å². The summed E-state index contributed by atoms with van der Waals surface area (Å²) in [5.74, 6) is -1.08. The van der Waals surface area contributed by atoms with Gasteiger partial charge in [0.15, 0.2) is 0 Å². The molecule has 0 bridgehead atoms. The fourth-order valence-corrected chi connectivity index (χ4v) is 4.28. The molecule has 27 heavy (non-hydrogen) atoms. The monoisotopic (exact) mass is 366 g/mol. The molecule has 2 aromatic rings. The van der Waals surface area contributed by atoms with Crippen molar-refractivity contribution in [2.45, 2.75) is 32.1 Å². The molecule has 2 aromatic carbocycles. The van der Waals surface area contributed by atoms with Crippen LogP contribution in [0.5, 0.6) is 0 Å². The SMILES string of the molecule is O=C(Nc1ccc(F)cc1)C1CCCCC1C(=O)N1CCc2ccccc21. The van der Waals surface area contributed by atoms with Gasteiger partial charge in [-0.1, -0.05) is 31.0 Å². The van der Waals surface area contributed by atoms with E-state index in [1.807, 2.05) is 23.1 Å². The number of rotatable bonds is 3. The Balaban J connectivity index is 1.51. The molecule has 0 aromatic heterocycles. The largest absolute Gasteiger partial charge is 0.326 e. The number of hydrogen-bond acceptors (Lipinski definition) is 2. The molecule has 1 fully saturated rings. The number of carbonyl (C=O) groups is 2. The molecular weight excluding hydrogens is 343 g/mol. The molecule has 0 radical (unpaired) electrons. The molecule has 1 heterocycles. The smallest absolute Gasteiger partial charge is 0.230 e. The van der Waals surface area contributed by atoms with E-state index in [1.54, 1.807) is 12.1 Å². The molecule has 4 nitrogen and oxygen atoms in total. The number of amides is 2. The van der Waals surface area contributed by atoms with Crippen LogP contribution in [-0.2, 0) is 16.0 Å². The molecule has 2 atom stereocenters. The first-order valence-corrected chi connectivity index (χ1v) is 9.59. The van der Waals surface area contributed by atoms with Crippen molar-refractivity contribution in [3.63, 3.8) is 0 Å². The van der Waals surface area contributed by atoms with Gasteiger partial charge in [-0.2, -0.15) is 0 Å². The van der Waals surface area contributed by atoms with Gasteiger partial charge in [0.2, 0.25) is 11.8 Å². The van der Waals surface area contributed by atoms with Crippen molar-refractivity contribution in [2.75, 3.05) is 16.8 Å². The third kappa shape index (κ3) is 3.59. The van der Waals surface area contributed by atoms with E-state index in [9.17, 15) is 14.0 Å². The highest BCUT2D eigenvalue weighted by atomic mass is 19.1. The van der Waals surface area contributed by atoms with Crippen molar-refractivity contribution in [3.8, 4) is 0 Å². The summed E-state index contributed by atoms with van der Waals surface area (Å²) in [7, 11) is 0. The number of halogens is 1. The summed E-state index contributed by atoms with van der Waals surface area (Å²) in [6.07, 6.45) is 4.22. The Bertz CT molecular complexity index is 850. The molecule has 2 amide bonds. The van der Waals surface area contributed by atoms with Gasteiger partial charge in [0.1, 0.15) is 5.82 Å². The molecule has 2 unspecified atom stereocenters. The summed E-state index contributed by atoms with van der Waals surface area (Å²) in [4.78, 5) is 28.0. The van der Waals surface area contributed by atoms with Crippen LogP contribution in [0.2, 0.25) is 0 Å². The zero-order valence-corrected chi connectivity index (χ0v) is 15.2. The quantitative estimate of drug-likeness (QED) is 0.887. The van der Waals surface area contributed by atoms with Gasteiger partial charge in [0, 0.05) is 23.8 Å². The minimum Gasteiger partial charge on any atom is -0.326 e. The third-order valence-corrected chi connectivity index (χ3v) is 5.68. The van der Waals surface area contributed by atoms with Gasteiger partial charge in [-0.15, -0.1) is 0 Å². The highest BCUT2D eigenvalue weighted by Gasteiger charge is 2.39. The van der Waals surface area contributed by atoms with Gasteiger partial charge < -0.3 is 10.2 Å². The zero-order chi connectivity index (χ0) is 18.8. The van der Waals surface area contributed by atoms with Crippen LogP contribution in [-0.4, -0.2) is 18.4 Å². The highest BCUT2D eigenvalue weighted by molar-refractivity contribution is 6.02. The van der Waals surface area contributed by atoms with Crippen LogP contribution < -0.4 is 10.2 Å². The molecule has 4 rings (SSSR count). The van der Waals surface area contributed by atoms with Crippen molar-refractivity contribution in [3.05, 3.63) is 59.9 Å². The summed E-state index contributed by atoms with van der Waals surface area (Å²) in [5.41, 5.74) is 2.73. The Hall–Kier alpha value is -2.69. The minimum absolute atomic E-state index is 0.0545. The maximum atomic E-state index is 13.3. The number of fused-ring (bicyclic) bond motifs is 1. The van der Waals surface area contributed by atoms with E-state index in [0.29, 0.717) is 18.7 Å². The van der Waals surface area contributed by atoms with Gasteiger partial charge in [-0.3, -0.25) is 9.59 Å². The number of benzene rings is 2. The van der Waals surface area contributed by atoms with Crippen molar-refractivity contribution in [2.24, 2.45) is 11.8 Å². The number of para-hydroxylation sites is 1. The fraction of sp³-hybridized carbons (Fsp3) is 0.364. The maximum Gasteiger partial charge on any atom is 0.230 e. The van der Waals surface area contributed by atoms with Crippen molar-refractivity contribution in [1.82, 2.24) is 0 Å². The zero-order valence-electron chi connectivity index (χ0n) is 15.2. The second kappa shape index (κ2) is 7.51. The summed E-state index contributed by atoms with van der Waals surface area (Å²) >= 11 is 0. The first-order chi connectivity index (χ1) is 13.1. The first-order valence-electron chi connectivity index (χ1n) is 9.59. The Morgan fingerprint density at radius 2 is 1.67 bits per heavy atom. The van der Waals surface area contributed by atoms with Crippen LogP contribution in [0, 0.1) is 17.7 Å². The molecule has 1 N–H and O–H groups in total. The molecule has 0 saturated heterocycles. The molecule has 2 aliphatic rings. The topological polar surface area (TPSA) is 49.4 Å². The highest BCUT2D eigenvalue weighted by Crippen LogP contribution is 2.36. The lowest BCUT2D eigenvalue weighted by atomic mass is 9.77. The molecule has 140 valence electrons. The minimum atomic E-state index is -0.343. The van der Waals surface area contributed by atoms with E-state index in [0.717, 1.165) is 31.4 Å². The standard InChI is InChI=1S/C22H23FN2O2/c23-16-9-11-17(12-10-16)24-21(26)18-6-2-3-7-19(18)22(27)25-14-13-15-5-1-4-8-20(15)25/h1,4-5,8-12,18-19H,2-3,6-7,13-14H2,(H,24,26). The van der Waals surface area contributed by atoms with Crippen LogP contribution in [0.4, 0.5) is 15.8 Å². The van der Waals surface area contributed by atoms with E-state index >= 15 is 0 Å². The number of nitrogens with zero attached hydrogens (tertiary/aromatic N) is 1. The Labute approximate surface area is 158 Å². The molecular formula is C22H23FN2O2. The lowest BCUT2D eigenvalue weighted by Gasteiger charge is -2.32. The number of hydrogen-bond donors (Lipinski definition) is 1.